The maximum absolute atomic E-state index is 12.3. The summed E-state index contributed by atoms with van der Waals surface area (Å²) in [6, 6.07) is -0.191. The molecule has 0 unspecified atom stereocenters. The molecule has 0 aromatic carbocycles. The number of nitrogens with zero attached hydrogens (tertiary/aromatic N) is 3. The number of hydrogen-bond acceptors (Lipinski definition) is 4. The van der Waals surface area contributed by atoms with Gasteiger partial charge in [-0.2, -0.15) is 5.10 Å². The fraction of sp³-hybridized carbons (Fsp3) is 0.688. The molecule has 0 radical (unpaired) electrons. The predicted octanol–water partition coefficient (Wildman–Crippen LogP) is 2.58. The van der Waals surface area contributed by atoms with Gasteiger partial charge in [-0.1, -0.05) is 0 Å². The predicted molar refractivity (Wildman–Crippen MR) is 90.9 cm³/mol. The number of ether oxygens (including phenoxy) is 1. The molecule has 0 fully saturated rings. The molecule has 0 aliphatic carbocycles. The molecule has 0 saturated carbocycles. The number of aromatic nitrogens is 2. The number of anilines is 1. The van der Waals surface area contributed by atoms with E-state index in [0.717, 1.165) is 11.3 Å². The Morgan fingerprint density at radius 3 is 2.58 bits per heavy atom. The van der Waals surface area contributed by atoms with Crippen LogP contribution < -0.4 is 5.32 Å². The van der Waals surface area contributed by atoms with Crippen molar-refractivity contribution in [2.45, 2.75) is 53.2 Å². The highest BCUT2D eigenvalue weighted by molar-refractivity contribution is 5.89. The Hall–Kier alpha value is -2.25. The van der Waals surface area contributed by atoms with Crippen LogP contribution in [0.3, 0.4) is 0 Å². The van der Waals surface area contributed by atoms with Crippen LogP contribution in [-0.2, 0) is 17.7 Å². The molecule has 3 amide bonds. The number of rotatable bonds is 3. The molecule has 0 saturated heterocycles. The highest BCUT2D eigenvalue weighted by Gasteiger charge is 2.29. The summed E-state index contributed by atoms with van der Waals surface area (Å²) in [6.45, 7) is 11.6. The van der Waals surface area contributed by atoms with Gasteiger partial charge >= 0.3 is 12.1 Å². The lowest BCUT2D eigenvalue weighted by molar-refractivity contribution is 0.0224. The zero-order valence-electron chi connectivity index (χ0n) is 15.1. The van der Waals surface area contributed by atoms with E-state index < -0.39 is 5.60 Å². The number of H-pyrrole nitrogens is 1. The largest absolute Gasteiger partial charge is 0.444 e. The summed E-state index contributed by atoms with van der Waals surface area (Å²) >= 11 is 0. The lowest BCUT2D eigenvalue weighted by atomic mass is 10.1. The number of nitrogens with one attached hydrogen (secondary N) is 2. The fourth-order valence-corrected chi connectivity index (χ4v) is 2.57. The smallest absolute Gasteiger partial charge is 0.410 e. The van der Waals surface area contributed by atoms with E-state index in [1.807, 2.05) is 34.6 Å². The van der Waals surface area contributed by atoms with Crippen LogP contribution in [0.5, 0.6) is 0 Å². The van der Waals surface area contributed by atoms with Crippen LogP contribution in [0.4, 0.5) is 15.4 Å². The van der Waals surface area contributed by atoms with Crippen molar-refractivity contribution in [3.05, 3.63) is 11.3 Å². The second kappa shape index (κ2) is 7.11. The molecule has 2 rings (SSSR count). The van der Waals surface area contributed by atoms with E-state index in [1.165, 1.54) is 0 Å². The third-order valence-electron chi connectivity index (χ3n) is 3.86. The monoisotopic (exact) mass is 337 g/mol. The van der Waals surface area contributed by atoms with Gasteiger partial charge < -0.3 is 14.5 Å². The van der Waals surface area contributed by atoms with Gasteiger partial charge in [0.1, 0.15) is 5.60 Å². The van der Waals surface area contributed by atoms with Crippen molar-refractivity contribution < 1.29 is 14.3 Å². The van der Waals surface area contributed by atoms with Gasteiger partial charge in [-0.3, -0.25) is 10.4 Å². The zero-order valence-corrected chi connectivity index (χ0v) is 15.1. The summed E-state index contributed by atoms with van der Waals surface area (Å²) in [5.41, 5.74) is 1.25. The Labute approximate surface area is 142 Å². The number of aromatic amines is 1. The highest BCUT2D eigenvalue weighted by Crippen LogP contribution is 2.25. The fourth-order valence-electron chi connectivity index (χ4n) is 2.57. The SMILES string of the molecule is CCN(CC)C(=O)Nc1n[nH]c2c1CN(C(=O)OC(C)(C)C)CC2. The van der Waals surface area contributed by atoms with Crippen LogP contribution in [0.25, 0.3) is 0 Å². The Morgan fingerprint density at radius 1 is 1.33 bits per heavy atom. The normalized spacial score (nSPS) is 14.1. The van der Waals surface area contributed by atoms with E-state index in [9.17, 15) is 9.59 Å². The molecule has 1 aliphatic rings. The second-order valence-electron chi connectivity index (χ2n) is 6.78. The first-order chi connectivity index (χ1) is 11.2. The highest BCUT2D eigenvalue weighted by atomic mass is 16.6. The summed E-state index contributed by atoms with van der Waals surface area (Å²) in [5, 5.41) is 9.97. The molecule has 8 nitrogen and oxygen atoms in total. The first-order valence-electron chi connectivity index (χ1n) is 8.35. The number of fused-ring (bicyclic) bond motifs is 1. The minimum Gasteiger partial charge on any atom is -0.444 e. The van der Waals surface area contributed by atoms with E-state index in [-0.39, 0.29) is 12.1 Å². The maximum atomic E-state index is 12.3. The van der Waals surface area contributed by atoms with Crippen LogP contribution in [0.1, 0.15) is 45.9 Å². The summed E-state index contributed by atoms with van der Waals surface area (Å²) in [4.78, 5) is 27.8. The van der Waals surface area contributed by atoms with Gasteiger partial charge in [-0.05, 0) is 34.6 Å². The lowest BCUT2D eigenvalue weighted by Crippen LogP contribution is -2.40. The number of amides is 3. The molecule has 1 aromatic heterocycles. The number of hydrogen-bond donors (Lipinski definition) is 2. The van der Waals surface area contributed by atoms with Gasteiger partial charge in [0.15, 0.2) is 5.82 Å². The van der Waals surface area contributed by atoms with Gasteiger partial charge in [-0.25, -0.2) is 9.59 Å². The van der Waals surface area contributed by atoms with Crippen molar-refractivity contribution >= 4 is 17.9 Å². The molecule has 0 bridgehead atoms. The lowest BCUT2D eigenvalue weighted by Gasteiger charge is -2.30. The summed E-state index contributed by atoms with van der Waals surface area (Å²) < 4.78 is 5.42. The van der Waals surface area contributed by atoms with Gasteiger partial charge in [-0.15, -0.1) is 0 Å². The quantitative estimate of drug-likeness (QED) is 0.887. The molecule has 0 spiro atoms. The molecule has 1 aromatic rings. The number of urea groups is 1. The number of carbonyl (C=O) groups excluding carboxylic acids is 2. The van der Waals surface area contributed by atoms with Crippen LogP contribution in [0, 0.1) is 0 Å². The van der Waals surface area contributed by atoms with Crippen molar-refractivity contribution in [1.29, 1.82) is 0 Å². The minimum atomic E-state index is -0.534. The van der Waals surface area contributed by atoms with Crippen molar-refractivity contribution in [3.63, 3.8) is 0 Å². The second-order valence-corrected chi connectivity index (χ2v) is 6.78. The van der Waals surface area contributed by atoms with Crippen molar-refractivity contribution in [2.75, 3.05) is 25.0 Å². The minimum absolute atomic E-state index is 0.191. The van der Waals surface area contributed by atoms with Crippen LogP contribution in [0.15, 0.2) is 0 Å². The molecular weight excluding hydrogens is 310 g/mol. The van der Waals surface area contributed by atoms with Gasteiger partial charge in [0.25, 0.3) is 0 Å². The third kappa shape index (κ3) is 4.18. The average Bonchev–Trinajstić information content (AvgIpc) is 2.89. The maximum Gasteiger partial charge on any atom is 0.410 e. The zero-order chi connectivity index (χ0) is 17.9. The molecule has 2 N–H and O–H groups in total. The van der Waals surface area contributed by atoms with Crippen LogP contribution >= 0.6 is 0 Å². The Bertz CT molecular complexity index is 601. The summed E-state index contributed by atoms with van der Waals surface area (Å²) in [5.74, 6) is 0.482. The van der Waals surface area contributed by atoms with Gasteiger partial charge in [0.2, 0.25) is 0 Å². The Kier molecular flexibility index (Phi) is 5.36. The Morgan fingerprint density at radius 2 is 2.00 bits per heavy atom. The molecule has 2 heterocycles. The van der Waals surface area contributed by atoms with Gasteiger partial charge in [0, 0.05) is 37.3 Å². The molecular formula is C16H27N5O3. The van der Waals surface area contributed by atoms with E-state index in [4.69, 9.17) is 4.74 Å². The van der Waals surface area contributed by atoms with Crippen LogP contribution in [0.2, 0.25) is 0 Å². The topological polar surface area (TPSA) is 90.6 Å². The summed E-state index contributed by atoms with van der Waals surface area (Å²) in [6.07, 6.45) is 0.304. The van der Waals surface area contributed by atoms with E-state index in [2.05, 4.69) is 15.5 Å². The van der Waals surface area contributed by atoms with Crippen molar-refractivity contribution in [2.24, 2.45) is 0 Å². The summed E-state index contributed by atoms with van der Waals surface area (Å²) in [7, 11) is 0. The molecule has 24 heavy (non-hydrogen) atoms. The van der Waals surface area contributed by atoms with E-state index >= 15 is 0 Å². The van der Waals surface area contributed by atoms with Crippen LogP contribution in [-0.4, -0.2) is 57.4 Å². The van der Waals surface area contributed by atoms with E-state index in [1.54, 1.807) is 9.80 Å². The van der Waals surface area contributed by atoms with Gasteiger partial charge in [0.05, 0.1) is 6.54 Å². The average molecular weight is 337 g/mol. The molecule has 1 aliphatic heterocycles. The first-order valence-corrected chi connectivity index (χ1v) is 8.35. The van der Waals surface area contributed by atoms with Crippen molar-refractivity contribution in [3.8, 4) is 0 Å². The molecule has 8 heteroatoms. The standard InChI is InChI=1S/C16H27N5O3/c1-6-20(7-2)14(22)17-13-11-10-21(9-8-12(11)18-19-13)15(23)24-16(3,4)5/h6-10H2,1-5H3,(H2,17,18,19,22). The molecule has 0 atom stereocenters. The third-order valence-corrected chi connectivity index (χ3v) is 3.86. The molecule has 134 valence electrons. The first kappa shape index (κ1) is 18.1. The Balaban J connectivity index is 2.09. The number of carbonyl (C=O) groups is 2. The van der Waals surface area contributed by atoms with E-state index in [0.29, 0.717) is 38.4 Å². The van der Waals surface area contributed by atoms with Crippen molar-refractivity contribution in [1.82, 2.24) is 20.0 Å².